The number of aliphatic hydroxyl groups is 1. The second-order valence-corrected chi connectivity index (χ2v) is 23.9. The third kappa shape index (κ3) is 10.4. The summed E-state index contributed by atoms with van der Waals surface area (Å²) >= 11 is 0. The van der Waals surface area contributed by atoms with Crippen LogP contribution in [0.4, 0.5) is 21.5 Å². The van der Waals surface area contributed by atoms with Crippen LogP contribution in [0.1, 0.15) is 105 Å². The van der Waals surface area contributed by atoms with Gasteiger partial charge in [-0.2, -0.15) is 0 Å². The van der Waals surface area contributed by atoms with E-state index in [4.69, 9.17) is 9.47 Å². The van der Waals surface area contributed by atoms with Crippen LogP contribution in [0, 0.1) is 27.3 Å². The zero-order valence-corrected chi connectivity index (χ0v) is 43.5. The van der Waals surface area contributed by atoms with Crippen LogP contribution in [-0.2, 0) is 16.6 Å². The first-order valence-electron chi connectivity index (χ1n) is 26.3. The fourth-order valence-corrected chi connectivity index (χ4v) is 13.5. The number of nitrogens with one attached hydrogen (secondary N) is 3. The van der Waals surface area contributed by atoms with Crippen molar-refractivity contribution in [1.82, 2.24) is 24.5 Å². The molecule has 4 N–H and O–H groups in total. The molecule has 3 saturated heterocycles. The number of likely N-dealkylation sites (tertiary alicyclic amines) is 2. The number of nitro benzene ring substituents is 1. The van der Waals surface area contributed by atoms with E-state index in [1.54, 1.807) is 19.1 Å². The van der Waals surface area contributed by atoms with E-state index >= 15 is 0 Å². The van der Waals surface area contributed by atoms with Crippen LogP contribution in [-0.4, -0.2) is 108 Å². The topological polar surface area (TPSA) is 195 Å². The Morgan fingerprint density at radius 2 is 1.73 bits per heavy atom. The molecular formula is C57H65FN8O8S. The summed E-state index contributed by atoms with van der Waals surface area (Å²) in [4.78, 5) is 40.1. The van der Waals surface area contributed by atoms with E-state index in [1.807, 2.05) is 0 Å². The van der Waals surface area contributed by atoms with Gasteiger partial charge in [-0.15, -0.1) is 0 Å². The fraction of sp³-hybridized carbons (Fsp3) is 0.439. The highest BCUT2D eigenvalue weighted by Gasteiger charge is 2.50. The molecule has 4 fully saturated rings. The van der Waals surface area contributed by atoms with Crippen molar-refractivity contribution in [2.45, 2.75) is 107 Å². The van der Waals surface area contributed by atoms with Gasteiger partial charge >= 0.3 is 0 Å². The van der Waals surface area contributed by atoms with Crippen LogP contribution in [0.25, 0.3) is 11.0 Å². The Labute approximate surface area is 436 Å². The number of aromatic nitrogens is 2. The Morgan fingerprint density at radius 1 is 0.987 bits per heavy atom. The highest BCUT2D eigenvalue weighted by Crippen LogP contribution is 2.48. The smallest absolute Gasteiger partial charge is 0.297 e. The molecule has 5 aliphatic rings. The zero-order valence-electron chi connectivity index (χ0n) is 42.6. The summed E-state index contributed by atoms with van der Waals surface area (Å²) in [5.74, 6) is -0.593. The first-order chi connectivity index (χ1) is 36.0. The second-order valence-electron chi connectivity index (χ2n) is 22.2. The Morgan fingerprint density at radius 3 is 2.48 bits per heavy atom. The number of carbonyl (C=O) groups excluding carboxylic acids is 1. The van der Waals surface area contributed by atoms with Crippen LogP contribution in [0.15, 0.2) is 108 Å². The van der Waals surface area contributed by atoms with Gasteiger partial charge in [-0.25, -0.2) is 22.5 Å². The van der Waals surface area contributed by atoms with E-state index in [9.17, 15) is 32.8 Å². The number of piperidine rings is 2. The predicted octanol–water partition coefficient (Wildman–Crippen LogP) is 9.72. The van der Waals surface area contributed by atoms with Crippen molar-refractivity contribution < 1.29 is 37.1 Å². The molecular weight excluding hydrogens is 976 g/mol. The lowest BCUT2D eigenvalue weighted by atomic mass is 9.69. The highest BCUT2D eigenvalue weighted by molar-refractivity contribution is 7.90. The number of amides is 1. The van der Waals surface area contributed by atoms with Gasteiger partial charge in [0.25, 0.3) is 21.6 Å². The Kier molecular flexibility index (Phi) is 13.6. The lowest BCUT2D eigenvalue weighted by Crippen LogP contribution is -2.65. The highest BCUT2D eigenvalue weighted by atomic mass is 32.2. The number of sulfonamides is 1. The van der Waals surface area contributed by atoms with Gasteiger partial charge in [-0.3, -0.25) is 24.7 Å². The van der Waals surface area contributed by atoms with E-state index in [2.05, 4.69) is 103 Å². The average molecular weight is 1040 g/mol. The number of rotatable bonds is 13. The zero-order chi connectivity index (χ0) is 52.2. The van der Waals surface area contributed by atoms with E-state index < -0.39 is 42.9 Å². The van der Waals surface area contributed by atoms with Gasteiger partial charge in [0.15, 0.2) is 11.4 Å². The van der Waals surface area contributed by atoms with Gasteiger partial charge in [0.2, 0.25) is 0 Å². The third-order valence-corrected chi connectivity index (χ3v) is 18.1. The van der Waals surface area contributed by atoms with Crippen molar-refractivity contribution in [3.8, 4) is 17.2 Å². The van der Waals surface area contributed by atoms with E-state index in [-0.39, 0.29) is 57.9 Å². The molecule has 0 radical (unpaired) electrons. The first-order valence-corrected chi connectivity index (χ1v) is 27.8. The van der Waals surface area contributed by atoms with Gasteiger partial charge < -0.3 is 29.8 Å². The standard InChI is InChI=1S/C57H65FN8O8S/c1-36(2)42-11-7-8-12-43(42)46-32-63(31-37-9-5-4-6-10-37)22-17-49(46)65-34-57(35-65)20-23-64(24-21-57)39-13-14-44(51(25-39)74-40-26-45-47(58)30-60-54(45)59-29-40)55(67)62-75(71,72)41-27-50(66(69)70)53-52(28-41)73-33-48(61-53)38-15-18-56(3,68)19-16-38/h4-14,25-30,36,38,46,48-49,61,68H,15-24,31-35H2,1-3H3,(H,59,60)(H,62,67)/t38-,46-,48+,49-,56-/m0/s1. The summed E-state index contributed by atoms with van der Waals surface area (Å²) in [6.45, 7) is 13.1. The normalized spacial score (nSPS) is 24.0. The van der Waals surface area contributed by atoms with Gasteiger partial charge in [0, 0.05) is 87.9 Å². The number of carbonyl (C=O) groups is 1. The molecule has 1 amide bonds. The molecule has 3 atom stereocenters. The van der Waals surface area contributed by atoms with Crippen molar-refractivity contribution in [3.05, 3.63) is 142 Å². The van der Waals surface area contributed by atoms with E-state index in [0.717, 1.165) is 76.8 Å². The van der Waals surface area contributed by atoms with Crippen LogP contribution < -0.4 is 24.4 Å². The molecule has 2 aromatic heterocycles. The average Bonchev–Trinajstić information content (AvgIpc) is 3.78. The minimum absolute atomic E-state index is 0.0120. The van der Waals surface area contributed by atoms with Gasteiger partial charge in [-0.1, -0.05) is 68.4 Å². The number of fused-ring (bicyclic) bond motifs is 2. The second kappa shape index (κ2) is 20.2. The third-order valence-electron chi connectivity index (χ3n) is 16.8. The number of H-pyrrole nitrogens is 1. The van der Waals surface area contributed by atoms with E-state index in [1.165, 1.54) is 47.3 Å². The molecule has 18 heteroatoms. The molecule has 4 aromatic carbocycles. The number of ether oxygens (including phenoxy) is 2. The first kappa shape index (κ1) is 50.6. The van der Waals surface area contributed by atoms with Gasteiger partial charge in [0.05, 0.1) is 38.6 Å². The predicted molar refractivity (Wildman–Crippen MR) is 285 cm³/mol. The number of pyridine rings is 1. The molecule has 11 rings (SSSR count). The molecule has 16 nitrogen and oxygen atoms in total. The largest absolute Gasteiger partial charge is 0.489 e. The maximum Gasteiger partial charge on any atom is 0.297 e. The molecule has 75 heavy (non-hydrogen) atoms. The maximum atomic E-state index is 14.8. The monoisotopic (exact) mass is 1040 g/mol. The quantitative estimate of drug-likeness (QED) is 0.0631. The van der Waals surface area contributed by atoms with Gasteiger partial charge in [-0.05, 0) is 104 Å². The van der Waals surface area contributed by atoms with Crippen molar-refractivity contribution in [3.63, 3.8) is 0 Å². The van der Waals surface area contributed by atoms with Crippen LogP contribution in [0.3, 0.4) is 0 Å². The number of anilines is 2. The molecule has 6 heterocycles. The Hall–Kier alpha value is -6.60. The summed E-state index contributed by atoms with van der Waals surface area (Å²) in [5.41, 5.74) is 4.09. The number of halogens is 1. The Balaban J connectivity index is 0.803. The Bertz CT molecular complexity index is 3220. The summed E-state index contributed by atoms with van der Waals surface area (Å²) < 4.78 is 57.3. The van der Waals surface area contributed by atoms with Crippen LogP contribution in [0.5, 0.6) is 17.2 Å². The number of hydrogen-bond acceptors (Lipinski definition) is 13. The van der Waals surface area contributed by atoms with Crippen LogP contribution >= 0.6 is 0 Å². The molecule has 1 saturated carbocycles. The minimum atomic E-state index is -4.73. The fourth-order valence-electron chi connectivity index (χ4n) is 12.5. The van der Waals surface area contributed by atoms with Crippen molar-refractivity contribution in [2.24, 2.45) is 11.3 Å². The number of hydrogen-bond donors (Lipinski definition) is 4. The van der Waals surface area contributed by atoms with Crippen molar-refractivity contribution in [1.29, 1.82) is 0 Å². The van der Waals surface area contributed by atoms with Crippen molar-refractivity contribution in [2.75, 3.05) is 56.1 Å². The lowest BCUT2D eigenvalue weighted by Gasteiger charge is -2.59. The van der Waals surface area contributed by atoms with Crippen LogP contribution in [0.2, 0.25) is 0 Å². The molecule has 394 valence electrons. The lowest BCUT2D eigenvalue weighted by molar-refractivity contribution is -0.384. The molecule has 4 aliphatic heterocycles. The SMILES string of the molecule is CC(C)c1ccccc1[C@@H]1CN(Cc2ccccc2)CC[C@@H]1N1CC2(CCN(c3ccc(C(=O)NS(=O)(=O)c4cc5c(c([N+](=O)[O-])c4)N[C@@H]([C@H]4CC[C@](C)(O)CC4)CO5)c(Oc4cnc5[nH]cc(F)c5c4)c3)CC2)C1. The van der Waals surface area contributed by atoms with Gasteiger partial charge in [0.1, 0.15) is 29.6 Å². The minimum Gasteiger partial charge on any atom is -0.489 e. The number of benzene rings is 4. The summed E-state index contributed by atoms with van der Waals surface area (Å²) in [5, 5.41) is 26.3. The molecule has 0 bridgehead atoms. The maximum absolute atomic E-state index is 14.8. The molecule has 1 aliphatic carbocycles. The molecule has 0 unspecified atom stereocenters. The summed E-state index contributed by atoms with van der Waals surface area (Å²) in [7, 11) is -4.73. The molecule has 6 aromatic rings. The number of aromatic amines is 1. The number of nitrogens with zero attached hydrogens (tertiary/aromatic N) is 5. The molecule has 1 spiro atoms. The summed E-state index contributed by atoms with van der Waals surface area (Å²) in [6, 6.07) is 28.4. The number of nitro groups is 1. The van der Waals surface area contributed by atoms with Crippen molar-refractivity contribution >= 4 is 44.0 Å². The summed E-state index contributed by atoms with van der Waals surface area (Å²) in [6.07, 6.45) is 8.15. The van der Waals surface area contributed by atoms with E-state index in [0.29, 0.717) is 49.2 Å².